The van der Waals surface area contributed by atoms with Crippen LogP contribution in [0.25, 0.3) is 5.70 Å². The second kappa shape index (κ2) is 10.1. The molecular formula is C24H28N4O6. The quantitative estimate of drug-likeness (QED) is 0.383. The van der Waals surface area contributed by atoms with Crippen LogP contribution in [0.15, 0.2) is 23.8 Å². The van der Waals surface area contributed by atoms with Crippen molar-refractivity contribution in [3.05, 3.63) is 34.9 Å². The molecule has 2 heterocycles. The van der Waals surface area contributed by atoms with E-state index in [-0.39, 0.29) is 48.8 Å². The Bertz CT molecular complexity index is 1070. The molecule has 0 bridgehead atoms. The molecule has 0 radical (unpaired) electrons. The third-order valence-electron chi connectivity index (χ3n) is 6.18. The molecule has 4 rings (SSSR count). The Morgan fingerprint density at radius 1 is 1.12 bits per heavy atom. The molecule has 34 heavy (non-hydrogen) atoms. The second-order valence-electron chi connectivity index (χ2n) is 8.60. The fraction of sp³-hybridized carbons (Fsp3) is 0.458. The predicted molar refractivity (Wildman–Crippen MR) is 121 cm³/mol. The van der Waals surface area contributed by atoms with Gasteiger partial charge in [-0.1, -0.05) is 12.1 Å². The maximum Gasteiger partial charge on any atom is 0.263 e. The van der Waals surface area contributed by atoms with Gasteiger partial charge < -0.3 is 15.4 Å². The van der Waals surface area contributed by atoms with Gasteiger partial charge >= 0.3 is 0 Å². The molecular weight excluding hydrogens is 440 g/mol. The van der Waals surface area contributed by atoms with E-state index in [1.165, 1.54) is 11.8 Å². The van der Waals surface area contributed by atoms with Crippen LogP contribution in [0.2, 0.25) is 0 Å². The highest BCUT2D eigenvalue weighted by Crippen LogP contribution is 2.45. The van der Waals surface area contributed by atoms with Crippen molar-refractivity contribution in [2.75, 3.05) is 19.7 Å². The third kappa shape index (κ3) is 4.80. The summed E-state index contributed by atoms with van der Waals surface area (Å²) in [5.41, 5.74) is 2.86. The summed E-state index contributed by atoms with van der Waals surface area (Å²) in [7, 11) is 0. The number of carbonyl (C=O) groups is 5. The molecule has 1 saturated heterocycles. The van der Waals surface area contributed by atoms with Crippen molar-refractivity contribution < 1.29 is 28.7 Å². The SMILES string of the molecule is CC(=O)NCCCNC(=O)COc1cccc2c1C(=O)N(C1CCC(=O)NC1=O)C2=C1CCC1. The molecule has 3 aliphatic rings. The lowest BCUT2D eigenvalue weighted by Crippen LogP contribution is -2.52. The van der Waals surface area contributed by atoms with Crippen LogP contribution in [-0.4, -0.2) is 60.2 Å². The molecule has 10 nitrogen and oxygen atoms in total. The first kappa shape index (κ1) is 23.5. The van der Waals surface area contributed by atoms with Gasteiger partial charge in [-0.3, -0.25) is 34.2 Å². The number of allylic oxidation sites excluding steroid dienone is 1. The smallest absolute Gasteiger partial charge is 0.263 e. The average molecular weight is 469 g/mol. The Morgan fingerprint density at radius 2 is 1.88 bits per heavy atom. The van der Waals surface area contributed by atoms with E-state index in [1.54, 1.807) is 12.1 Å². The minimum atomic E-state index is -0.763. The Balaban J connectivity index is 1.49. The largest absolute Gasteiger partial charge is 0.483 e. The molecule has 1 aromatic carbocycles. The summed E-state index contributed by atoms with van der Waals surface area (Å²) in [6.45, 7) is 2.01. The van der Waals surface area contributed by atoms with Gasteiger partial charge in [0.25, 0.3) is 11.8 Å². The first-order chi connectivity index (χ1) is 16.4. The van der Waals surface area contributed by atoms with Crippen LogP contribution < -0.4 is 20.7 Å². The van der Waals surface area contributed by atoms with Crippen LogP contribution in [0.5, 0.6) is 5.75 Å². The van der Waals surface area contributed by atoms with Crippen molar-refractivity contribution in [3.8, 4) is 5.75 Å². The fourth-order valence-electron chi connectivity index (χ4n) is 4.37. The van der Waals surface area contributed by atoms with Crippen molar-refractivity contribution >= 4 is 35.2 Å². The van der Waals surface area contributed by atoms with Gasteiger partial charge in [-0.2, -0.15) is 0 Å². The summed E-state index contributed by atoms with van der Waals surface area (Å²) in [5, 5.41) is 7.71. The molecule has 1 atom stereocenters. The highest BCUT2D eigenvalue weighted by atomic mass is 16.5. The number of piperidine rings is 1. The molecule has 3 N–H and O–H groups in total. The summed E-state index contributed by atoms with van der Waals surface area (Å²) in [6, 6.07) is 4.47. The van der Waals surface area contributed by atoms with E-state index in [2.05, 4.69) is 16.0 Å². The zero-order valence-electron chi connectivity index (χ0n) is 19.1. The number of fused-ring (bicyclic) bond motifs is 1. The van der Waals surface area contributed by atoms with Crippen molar-refractivity contribution in [1.82, 2.24) is 20.9 Å². The summed E-state index contributed by atoms with van der Waals surface area (Å²) >= 11 is 0. The highest BCUT2D eigenvalue weighted by molar-refractivity contribution is 6.14. The van der Waals surface area contributed by atoms with Gasteiger partial charge in [-0.05, 0) is 43.7 Å². The molecule has 5 amide bonds. The normalized spacial score (nSPS) is 19.4. The monoisotopic (exact) mass is 468 g/mol. The molecule has 10 heteroatoms. The average Bonchev–Trinajstić information content (AvgIpc) is 3.03. The number of imide groups is 1. The molecule has 1 aromatic rings. The van der Waals surface area contributed by atoms with Gasteiger partial charge in [0.1, 0.15) is 11.8 Å². The van der Waals surface area contributed by atoms with Crippen LogP contribution in [0.1, 0.15) is 61.4 Å². The summed E-state index contributed by atoms with van der Waals surface area (Å²) in [6.07, 6.45) is 3.73. The van der Waals surface area contributed by atoms with Gasteiger partial charge in [-0.25, -0.2) is 0 Å². The van der Waals surface area contributed by atoms with Gasteiger partial charge in [-0.15, -0.1) is 0 Å². The maximum atomic E-state index is 13.6. The minimum Gasteiger partial charge on any atom is -0.483 e. The summed E-state index contributed by atoms with van der Waals surface area (Å²) in [5.74, 6) is -1.36. The predicted octanol–water partition coefficient (Wildman–Crippen LogP) is 0.864. The zero-order chi connectivity index (χ0) is 24.2. The Morgan fingerprint density at radius 3 is 2.56 bits per heavy atom. The van der Waals surface area contributed by atoms with Gasteiger partial charge in [0.2, 0.25) is 17.7 Å². The van der Waals surface area contributed by atoms with Gasteiger partial charge in [0.15, 0.2) is 6.61 Å². The maximum absolute atomic E-state index is 13.6. The van der Waals surface area contributed by atoms with Crippen molar-refractivity contribution in [2.45, 2.75) is 51.5 Å². The number of amides is 5. The van der Waals surface area contributed by atoms with Crippen LogP contribution in [0.4, 0.5) is 0 Å². The van der Waals surface area contributed by atoms with Crippen LogP contribution in [0, 0.1) is 0 Å². The number of nitrogens with zero attached hydrogens (tertiary/aromatic N) is 1. The number of nitrogens with one attached hydrogen (secondary N) is 3. The number of rotatable bonds is 8. The number of carbonyl (C=O) groups excluding carboxylic acids is 5. The number of hydrogen-bond acceptors (Lipinski definition) is 6. The van der Waals surface area contributed by atoms with Crippen molar-refractivity contribution in [3.63, 3.8) is 0 Å². The Labute approximate surface area is 197 Å². The molecule has 1 unspecified atom stereocenters. The Hall–Kier alpha value is -3.69. The van der Waals surface area contributed by atoms with Crippen molar-refractivity contribution in [2.24, 2.45) is 0 Å². The Kier molecular flexibility index (Phi) is 6.95. The molecule has 0 spiro atoms. The molecule has 1 aliphatic carbocycles. The first-order valence-corrected chi connectivity index (χ1v) is 11.5. The topological polar surface area (TPSA) is 134 Å². The van der Waals surface area contributed by atoms with E-state index < -0.39 is 11.9 Å². The zero-order valence-corrected chi connectivity index (χ0v) is 19.1. The van der Waals surface area contributed by atoms with Gasteiger partial charge in [0, 0.05) is 32.0 Å². The lowest BCUT2D eigenvalue weighted by molar-refractivity contribution is -0.136. The second-order valence-corrected chi connectivity index (χ2v) is 8.60. The molecule has 180 valence electrons. The van der Waals surface area contributed by atoms with E-state index in [4.69, 9.17) is 4.74 Å². The first-order valence-electron chi connectivity index (χ1n) is 11.5. The van der Waals surface area contributed by atoms with E-state index in [0.717, 1.165) is 30.5 Å². The third-order valence-corrected chi connectivity index (χ3v) is 6.18. The summed E-state index contributed by atoms with van der Waals surface area (Å²) < 4.78 is 5.73. The molecule has 2 aliphatic heterocycles. The number of benzene rings is 1. The van der Waals surface area contributed by atoms with Gasteiger partial charge in [0.05, 0.1) is 11.3 Å². The fourth-order valence-corrected chi connectivity index (χ4v) is 4.37. The van der Waals surface area contributed by atoms with E-state index in [9.17, 15) is 24.0 Å². The highest BCUT2D eigenvalue weighted by Gasteiger charge is 2.45. The van der Waals surface area contributed by atoms with E-state index in [0.29, 0.717) is 30.6 Å². The van der Waals surface area contributed by atoms with E-state index >= 15 is 0 Å². The van der Waals surface area contributed by atoms with Crippen LogP contribution in [0.3, 0.4) is 0 Å². The minimum absolute atomic E-state index is 0.125. The molecule has 1 saturated carbocycles. The lowest BCUT2D eigenvalue weighted by atomic mass is 9.87. The number of ether oxygens (including phenoxy) is 1. The van der Waals surface area contributed by atoms with Crippen molar-refractivity contribution in [1.29, 1.82) is 0 Å². The summed E-state index contributed by atoms with van der Waals surface area (Å²) in [4.78, 5) is 62.4. The standard InChI is InChI=1S/C24H28N4O6/c1-14(29)25-11-4-12-26-20(31)13-34-18-8-3-7-16-21(18)24(33)28(22(16)15-5-2-6-15)17-9-10-19(30)27-23(17)32/h3,7-8,17H,2,4-6,9-13H2,1H3,(H,25,29)(H,26,31)(H,27,30,32). The molecule has 0 aromatic heterocycles. The van der Waals surface area contributed by atoms with Crippen LogP contribution >= 0.6 is 0 Å². The number of hydrogen-bond donors (Lipinski definition) is 3. The lowest BCUT2D eigenvalue weighted by Gasteiger charge is -2.33. The van der Waals surface area contributed by atoms with Crippen LogP contribution in [-0.2, 0) is 19.2 Å². The molecule has 2 fully saturated rings. The van der Waals surface area contributed by atoms with E-state index in [1.807, 2.05) is 6.07 Å².